The predicted octanol–water partition coefficient (Wildman–Crippen LogP) is 0.0548. The first-order valence-corrected chi connectivity index (χ1v) is 8.55. The molecular formula is C12H22N2O3S. The zero-order chi connectivity index (χ0) is 13.2. The van der Waals surface area contributed by atoms with Crippen molar-refractivity contribution in [2.75, 3.05) is 18.1 Å². The van der Waals surface area contributed by atoms with Gasteiger partial charge in [0.05, 0.1) is 17.4 Å². The first kappa shape index (κ1) is 13.8. The molecule has 2 fully saturated rings. The number of amides is 1. The summed E-state index contributed by atoms with van der Waals surface area (Å²) >= 11 is 0. The van der Waals surface area contributed by atoms with E-state index in [9.17, 15) is 13.2 Å². The minimum absolute atomic E-state index is 0.000785. The van der Waals surface area contributed by atoms with Crippen molar-refractivity contribution in [1.29, 1.82) is 0 Å². The number of rotatable bonds is 4. The molecule has 2 aliphatic rings. The third kappa shape index (κ3) is 3.23. The smallest absolute Gasteiger partial charge is 0.224 e. The van der Waals surface area contributed by atoms with E-state index in [-0.39, 0.29) is 29.4 Å². The summed E-state index contributed by atoms with van der Waals surface area (Å²) in [5.74, 6) is 0.114. The summed E-state index contributed by atoms with van der Waals surface area (Å²) < 4.78 is 22.7. The molecule has 1 saturated carbocycles. The zero-order valence-electron chi connectivity index (χ0n) is 10.6. The topological polar surface area (TPSA) is 89.3 Å². The van der Waals surface area contributed by atoms with Gasteiger partial charge >= 0.3 is 0 Å². The first-order chi connectivity index (χ1) is 8.52. The molecule has 6 heteroatoms. The molecule has 2 rings (SSSR count). The highest BCUT2D eigenvalue weighted by Gasteiger charge is 2.35. The second kappa shape index (κ2) is 5.57. The van der Waals surface area contributed by atoms with Crippen LogP contribution in [-0.2, 0) is 14.6 Å². The van der Waals surface area contributed by atoms with Crippen LogP contribution in [0.1, 0.15) is 32.1 Å². The van der Waals surface area contributed by atoms with Gasteiger partial charge in [-0.2, -0.15) is 0 Å². The van der Waals surface area contributed by atoms with Crippen molar-refractivity contribution in [2.24, 2.45) is 17.6 Å². The van der Waals surface area contributed by atoms with Gasteiger partial charge in [0, 0.05) is 12.6 Å². The maximum Gasteiger partial charge on any atom is 0.224 e. The Balaban J connectivity index is 1.89. The molecule has 1 aliphatic carbocycles. The molecule has 0 spiro atoms. The normalized spacial score (nSPS) is 29.3. The van der Waals surface area contributed by atoms with Crippen LogP contribution in [-0.4, -0.2) is 38.4 Å². The first-order valence-electron chi connectivity index (χ1n) is 6.72. The average molecular weight is 274 g/mol. The standard InChI is InChI=1S/C12H22N2O3S/c13-7-11(9-3-1-2-4-9)14-12(15)10-5-6-18(16,17)8-10/h9-11H,1-8,13H2,(H,14,15). The van der Waals surface area contributed by atoms with Gasteiger partial charge in [-0.05, 0) is 25.2 Å². The number of nitrogens with two attached hydrogens (primary N) is 1. The van der Waals surface area contributed by atoms with Crippen molar-refractivity contribution in [1.82, 2.24) is 5.32 Å². The van der Waals surface area contributed by atoms with Crippen LogP contribution < -0.4 is 11.1 Å². The molecule has 0 bridgehead atoms. The van der Waals surface area contributed by atoms with Crippen molar-refractivity contribution in [3.63, 3.8) is 0 Å². The summed E-state index contributed by atoms with van der Waals surface area (Å²) in [4.78, 5) is 12.0. The summed E-state index contributed by atoms with van der Waals surface area (Å²) in [6.45, 7) is 0.440. The van der Waals surface area contributed by atoms with E-state index in [0.717, 1.165) is 12.8 Å². The van der Waals surface area contributed by atoms with Gasteiger partial charge in [0.2, 0.25) is 5.91 Å². The van der Waals surface area contributed by atoms with E-state index in [1.54, 1.807) is 0 Å². The van der Waals surface area contributed by atoms with Crippen LogP contribution in [0.4, 0.5) is 0 Å². The van der Waals surface area contributed by atoms with Crippen LogP contribution in [0.3, 0.4) is 0 Å². The van der Waals surface area contributed by atoms with Gasteiger partial charge in [-0.1, -0.05) is 12.8 Å². The van der Waals surface area contributed by atoms with Gasteiger partial charge in [-0.3, -0.25) is 4.79 Å². The van der Waals surface area contributed by atoms with Gasteiger partial charge in [0.1, 0.15) is 0 Å². The number of sulfone groups is 1. The fourth-order valence-electron chi connectivity index (χ4n) is 3.03. The van der Waals surface area contributed by atoms with Gasteiger partial charge in [0.25, 0.3) is 0 Å². The molecule has 2 unspecified atom stereocenters. The van der Waals surface area contributed by atoms with E-state index in [0.29, 0.717) is 18.9 Å². The van der Waals surface area contributed by atoms with Gasteiger partial charge in [-0.15, -0.1) is 0 Å². The minimum atomic E-state index is -2.99. The van der Waals surface area contributed by atoms with Crippen LogP contribution in [0.2, 0.25) is 0 Å². The largest absolute Gasteiger partial charge is 0.352 e. The monoisotopic (exact) mass is 274 g/mol. The Labute approximate surface area is 108 Å². The Bertz CT molecular complexity index is 402. The van der Waals surface area contributed by atoms with E-state index in [1.165, 1.54) is 12.8 Å². The van der Waals surface area contributed by atoms with Gasteiger partial charge < -0.3 is 11.1 Å². The third-order valence-electron chi connectivity index (χ3n) is 4.15. The Hall–Kier alpha value is -0.620. The molecule has 1 aliphatic heterocycles. The third-order valence-corrected chi connectivity index (χ3v) is 5.92. The van der Waals surface area contributed by atoms with Gasteiger partial charge in [-0.25, -0.2) is 8.42 Å². The molecule has 0 aromatic carbocycles. The molecule has 0 aromatic rings. The number of nitrogens with one attached hydrogen (secondary N) is 1. The minimum Gasteiger partial charge on any atom is -0.352 e. The van der Waals surface area contributed by atoms with Crippen molar-refractivity contribution in [3.8, 4) is 0 Å². The van der Waals surface area contributed by atoms with Crippen molar-refractivity contribution in [2.45, 2.75) is 38.1 Å². The van der Waals surface area contributed by atoms with Crippen molar-refractivity contribution in [3.05, 3.63) is 0 Å². The maximum atomic E-state index is 12.0. The average Bonchev–Trinajstić information content (AvgIpc) is 2.94. The summed E-state index contributed by atoms with van der Waals surface area (Å²) in [6.07, 6.45) is 5.09. The molecule has 18 heavy (non-hydrogen) atoms. The highest BCUT2D eigenvalue weighted by atomic mass is 32.2. The van der Waals surface area contributed by atoms with E-state index in [4.69, 9.17) is 5.73 Å². The molecular weight excluding hydrogens is 252 g/mol. The summed E-state index contributed by atoms with van der Waals surface area (Å²) in [5.41, 5.74) is 5.72. The highest BCUT2D eigenvalue weighted by molar-refractivity contribution is 7.91. The number of carbonyl (C=O) groups excluding carboxylic acids is 1. The van der Waals surface area contributed by atoms with E-state index in [2.05, 4.69) is 5.32 Å². The number of hydrogen-bond acceptors (Lipinski definition) is 4. The summed E-state index contributed by atoms with van der Waals surface area (Å²) in [5, 5.41) is 2.96. The lowest BCUT2D eigenvalue weighted by Crippen LogP contribution is -2.47. The van der Waals surface area contributed by atoms with E-state index >= 15 is 0 Å². The molecule has 5 nitrogen and oxygen atoms in total. The summed E-state index contributed by atoms with van der Waals surface area (Å²) in [6, 6.07) is 0.0169. The molecule has 104 valence electrons. The van der Waals surface area contributed by atoms with Crippen LogP contribution in [0.25, 0.3) is 0 Å². The number of hydrogen-bond donors (Lipinski definition) is 2. The zero-order valence-corrected chi connectivity index (χ0v) is 11.4. The maximum absolute atomic E-state index is 12.0. The predicted molar refractivity (Wildman–Crippen MR) is 69.7 cm³/mol. The molecule has 1 saturated heterocycles. The Morgan fingerprint density at radius 1 is 1.28 bits per heavy atom. The van der Waals surface area contributed by atoms with Crippen LogP contribution in [0, 0.1) is 11.8 Å². The quantitative estimate of drug-likeness (QED) is 0.758. The highest BCUT2D eigenvalue weighted by Crippen LogP contribution is 2.28. The molecule has 1 heterocycles. The second-order valence-corrected chi connectivity index (χ2v) is 7.72. The molecule has 2 atom stereocenters. The Morgan fingerprint density at radius 3 is 2.44 bits per heavy atom. The van der Waals surface area contributed by atoms with Crippen LogP contribution in [0.5, 0.6) is 0 Å². The van der Waals surface area contributed by atoms with Crippen molar-refractivity contribution < 1.29 is 13.2 Å². The van der Waals surface area contributed by atoms with Gasteiger partial charge in [0.15, 0.2) is 9.84 Å². The fourth-order valence-corrected chi connectivity index (χ4v) is 4.77. The summed E-state index contributed by atoms with van der Waals surface area (Å²) in [7, 11) is -2.99. The molecule has 0 radical (unpaired) electrons. The molecule has 0 aromatic heterocycles. The van der Waals surface area contributed by atoms with E-state index in [1.807, 2.05) is 0 Å². The Kier molecular flexibility index (Phi) is 4.27. The second-order valence-electron chi connectivity index (χ2n) is 5.50. The lowest BCUT2D eigenvalue weighted by atomic mass is 9.97. The van der Waals surface area contributed by atoms with Crippen molar-refractivity contribution >= 4 is 15.7 Å². The number of carbonyl (C=O) groups is 1. The molecule has 1 amide bonds. The Morgan fingerprint density at radius 2 is 1.94 bits per heavy atom. The fraction of sp³-hybridized carbons (Fsp3) is 0.917. The SMILES string of the molecule is NCC(NC(=O)C1CCS(=O)(=O)C1)C1CCCC1. The van der Waals surface area contributed by atoms with E-state index < -0.39 is 9.84 Å². The van der Waals surface area contributed by atoms with Crippen LogP contribution >= 0.6 is 0 Å². The van der Waals surface area contributed by atoms with Crippen LogP contribution in [0.15, 0.2) is 0 Å². The lowest BCUT2D eigenvalue weighted by Gasteiger charge is -2.24. The molecule has 3 N–H and O–H groups in total. The lowest BCUT2D eigenvalue weighted by molar-refractivity contribution is -0.125.